The molecular weight excluding hydrogens is 196 g/mol. The Hall–Kier alpha value is -0.860. The summed E-state index contributed by atoms with van der Waals surface area (Å²) < 4.78 is 0. The van der Waals surface area contributed by atoms with E-state index in [2.05, 4.69) is 48.7 Å². The Bertz CT molecular complexity index is 295. The van der Waals surface area contributed by atoms with E-state index >= 15 is 0 Å². The van der Waals surface area contributed by atoms with E-state index in [9.17, 15) is 0 Å². The summed E-state index contributed by atoms with van der Waals surface area (Å²) in [4.78, 5) is 0. The second-order valence-corrected chi connectivity index (χ2v) is 4.65. The van der Waals surface area contributed by atoms with Gasteiger partial charge in [0.1, 0.15) is 0 Å². The SMILES string of the molecule is CNCCc1ccccc1CNCC(C)C. The fraction of sp³-hybridized carbons (Fsp3) is 0.571. The monoisotopic (exact) mass is 220 g/mol. The predicted molar refractivity (Wildman–Crippen MR) is 70.6 cm³/mol. The van der Waals surface area contributed by atoms with Crippen LogP contribution < -0.4 is 10.6 Å². The molecule has 0 aromatic heterocycles. The van der Waals surface area contributed by atoms with Crippen LogP contribution in [0.1, 0.15) is 25.0 Å². The van der Waals surface area contributed by atoms with E-state index in [-0.39, 0.29) is 0 Å². The standard InChI is InChI=1S/C14H24N2/c1-12(2)10-16-11-14-7-5-4-6-13(14)8-9-15-3/h4-7,12,15-16H,8-11H2,1-3H3. The van der Waals surface area contributed by atoms with Crippen LogP contribution in [-0.4, -0.2) is 20.1 Å². The first-order chi connectivity index (χ1) is 7.74. The molecule has 0 aliphatic heterocycles. The molecule has 2 nitrogen and oxygen atoms in total. The molecular formula is C14H24N2. The molecule has 2 heteroatoms. The van der Waals surface area contributed by atoms with Crippen molar-refractivity contribution < 1.29 is 0 Å². The van der Waals surface area contributed by atoms with Gasteiger partial charge in [-0.1, -0.05) is 38.1 Å². The average molecular weight is 220 g/mol. The van der Waals surface area contributed by atoms with Crippen molar-refractivity contribution in [3.8, 4) is 0 Å². The van der Waals surface area contributed by atoms with Gasteiger partial charge in [0, 0.05) is 6.54 Å². The molecule has 0 amide bonds. The Morgan fingerprint density at radius 3 is 2.44 bits per heavy atom. The summed E-state index contributed by atoms with van der Waals surface area (Å²) in [6, 6.07) is 8.69. The normalized spacial score (nSPS) is 11.0. The third-order valence-corrected chi connectivity index (χ3v) is 2.63. The first-order valence-corrected chi connectivity index (χ1v) is 6.16. The van der Waals surface area contributed by atoms with Crippen LogP contribution in [0.3, 0.4) is 0 Å². The first kappa shape index (κ1) is 13.2. The summed E-state index contributed by atoms with van der Waals surface area (Å²) in [6.07, 6.45) is 1.11. The number of likely N-dealkylation sites (N-methyl/N-ethyl adjacent to an activating group) is 1. The molecule has 0 heterocycles. The highest BCUT2D eigenvalue weighted by Crippen LogP contribution is 2.09. The van der Waals surface area contributed by atoms with Gasteiger partial charge in [0.15, 0.2) is 0 Å². The van der Waals surface area contributed by atoms with Gasteiger partial charge >= 0.3 is 0 Å². The van der Waals surface area contributed by atoms with Gasteiger partial charge in [-0.25, -0.2) is 0 Å². The first-order valence-electron chi connectivity index (χ1n) is 6.16. The van der Waals surface area contributed by atoms with Crippen molar-refractivity contribution >= 4 is 0 Å². The van der Waals surface area contributed by atoms with Crippen LogP contribution in [-0.2, 0) is 13.0 Å². The highest BCUT2D eigenvalue weighted by atomic mass is 14.9. The Kier molecular flexibility index (Phi) is 6.12. The number of rotatable bonds is 7. The van der Waals surface area contributed by atoms with Gasteiger partial charge in [0.05, 0.1) is 0 Å². The summed E-state index contributed by atoms with van der Waals surface area (Å²) >= 11 is 0. The molecule has 0 aliphatic rings. The van der Waals surface area contributed by atoms with Crippen LogP contribution in [0, 0.1) is 5.92 Å². The Labute approximate surface area is 99.5 Å². The third-order valence-electron chi connectivity index (χ3n) is 2.63. The highest BCUT2D eigenvalue weighted by Gasteiger charge is 2.01. The Balaban J connectivity index is 2.49. The summed E-state index contributed by atoms with van der Waals surface area (Å²) in [6.45, 7) is 7.58. The van der Waals surface area contributed by atoms with E-state index in [0.717, 1.165) is 26.1 Å². The van der Waals surface area contributed by atoms with Crippen molar-refractivity contribution in [2.75, 3.05) is 20.1 Å². The van der Waals surface area contributed by atoms with Crippen molar-refractivity contribution in [1.82, 2.24) is 10.6 Å². The van der Waals surface area contributed by atoms with Gasteiger partial charge < -0.3 is 10.6 Å². The molecule has 0 aliphatic carbocycles. The molecule has 0 fully saturated rings. The molecule has 1 rings (SSSR count). The fourth-order valence-electron chi connectivity index (χ4n) is 1.73. The largest absolute Gasteiger partial charge is 0.319 e. The maximum atomic E-state index is 3.50. The lowest BCUT2D eigenvalue weighted by Gasteiger charge is -2.11. The molecule has 0 saturated carbocycles. The van der Waals surface area contributed by atoms with E-state index in [1.165, 1.54) is 11.1 Å². The minimum atomic E-state index is 0.712. The molecule has 90 valence electrons. The summed E-state index contributed by atoms with van der Waals surface area (Å²) in [5.41, 5.74) is 2.88. The van der Waals surface area contributed by atoms with Gasteiger partial charge in [-0.15, -0.1) is 0 Å². The number of hydrogen-bond donors (Lipinski definition) is 2. The van der Waals surface area contributed by atoms with Crippen LogP contribution in [0.15, 0.2) is 24.3 Å². The predicted octanol–water partition coefficient (Wildman–Crippen LogP) is 2.19. The molecule has 0 bridgehead atoms. The van der Waals surface area contributed by atoms with Gasteiger partial charge in [-0.2, -0.15) is 0 Å². The average Bonchev–Trinajstić information content (AvgIpc) is 2.27. The number of nitrogens with one attached hydrogen (secondary N) is 2. The van der Waals surface area contributed by atoms with E-state index in [1.807, 2.05) is 7.05 Å². The lowest BCUT2D eigenvalue weighted by atomic mass is 10.0. The fourth-order valence-corrected chi connectivity index (χ4v) is 1.73. The molecule has 0 atom stereocenters. The molecule has 16 heavy (non-hydrogen) atoms. The third kappa shape index (κ3) is 4.77. The molecule has 0 radical (unpaired) electrons. The van der Waals surface area contributed by atoms with E-state index in [4.69, 9.17) is 0 Å². The van der Waals surface area contributed by atoms with Crippen molar-refractivity contribution in [2.45, 2.75) is 26.8 Å². The van der Waals surface area contributed by atoms with Crippen LogP contribution in [0.25, 0.3) is 0 Å². The van der Waals surface area contributed by atoms with E-state index in [1.54, 1.807) is 0 Å². The lowest BCUT2D eigenvalue weighted by Crippen LogP contribution is -2.20. The minimum absolute atomic E-state index is 0.712. The quantitative estimate of drug-likeness (QED) is 0.736. The van der Waals surface area contributed by atoms with Crippen molar-refractivity contribution in [3.63, 3.8) is 0 Å². The molecule has 2 N–H and O–H groups in total. The topological polar surface area (TPSA) is 24.1 Å². The minimum Gasteiger partial charge on any atom is -0.319 e. The molecule has 0 spiro atoms. The van der Waals surface area contributed by atoms with Crippen LogP contribution >= 0.6 is 0 Å². The van der Waals surface area contributed by atoms with Gasteiger partial charge in [0.2, 0.25) is 0 Å². The van der Waals surface area contributed by atoms with Crippen molar-refractivity contribution in [3.05, 3.63) is 35.4 Å². The summed E-state index contributed by atoms with van der Waals surface area (Å²) in [5.74, 6) is 0.712. The van der Waals surface area contributed by atoms with Crippen molar-refractivity contribution in [2.24, 2.45) is 5.92 Å². The molecule has 1 aromatic rings. The Morgan fingerprint density at radius 2 is 1.81 bits per heavy atom. The van der Waals surface area contributed by atoms with Crippen LogP contribution in [0.4, 0.5) is 0 Å². The second kappa shape index (κ2) is 7.42. The second-order valence-electron chi connectivity index (χ2n) is 4.65. The molecule has 0 unspecified atom stereocenters. The molecule has 0 saturated heterocycles. The summed E-state index contributed by atoms with van der Waals surface area (Å²) in [5, 5.41) is 6.69. The maximum absolute atomic E-state index is 3.50. The van der Waals surface area contributed by atoms with E-state index < -0.39 is 0 Å². The van der Waals surface area contributed by atoms with Gasteiger partial charge in [-0.05, 0) is 43.6 Å². The zero-order valence-electron chi connectivity index (χ0n) is 10.7. The van der Waals surface area contributed by atoms with Crippen molar-refractivity contribution in [1.29, 1.82) is 0 Å². The van der Waals surface area contributed by atoms with E-state index in [0.29, 0.717) is 5.92 Å². The smallest absolute Gasteiger partial charge is 0.0208 e. The molecule has 1 aromatic carbocycles. The lowest BCUT2D eigenvalue weighted by molar-refractivity contribution is 0.550. The maximum Gasteiger partial charge on any atom is 0.0208 e. The van der Waals surface area contributed by atoms with Gasteiger partial charge in [0.25, 0.3) is 0 Å². The summed E-state index contributed by atoms with van der Waals surface area (Å²) in [7, 11) is 2.00. The highest BCUT2D eigenvalue weighted by molar-refractivity contribution is 5.27. The number of hydrogen-bond acceptors (Lipinski definition) is 2. The zero-order valence-corrected chi connectivity index (χ0v) is 10.7. The Morgan fingerprint density at radius 1 is 1.12 bits per heavy atom. The van der Waals surface area contributed by atoms with Crippen LogP contribution in [0.2, 0.25) is 0 Å². The van der Waals surface area contributed by atoms with Crippen LogP contribution in [0.5, 0.6) is 0 Å². The number of benzene rings is 1. The van der Waals surface area contributed by atoms with Gasteiger partial charge in [-0.3, -0.25) is 0 Å². The zero-order chi connectivity index (χ0) is 11.8.